The molecule has 4 amide bonds. The van der Waals surface area contributed by atoms with E-state index in [1.807, 2.05) is 14.0 Å². The normalized spacial score (nSPS) is 23.0. The second kappa shape index (κ2) is 13.3. The molecule has 222 valence electrons. The molecule has 0 spiro atoms. The summed E-state index contributed by atoms with van der Waals surface area (Å²) in [5.74, 6) is -3.39. The van der Waals surface area contributed by atoms with Gasteiger partial charge in [-0.15, -0.1) is 11.3 Å². The standard InChI is InChI=1S/C23H29N7O9S2/c1-3-8-39-27-15(14-10-40-22(25-14)24-12-31)18(32)26-16-19(33)30-17(21(34)35)13(11-41(37)20(16)30)9-38-23(36)29-6-4-28(2)5-7-29/h10,12,16,20H,3-9,11H2,1-2H3,(H,26,32)(H,34,35)(H,24,25,31)/t16?,20-,41?/m0/s1. The first-order valence-electron chi connectivity index (χ1n) is 12.6. The number of likely N-dealkylation sites (N-methyl/N-ethyl adjacent to an activating group) is 1. The number of fused-ring (bicyclic) bond motifs is 1. The van der Waals surface area contributed by atoms with Crippen molar-refractivity contribution < 1.29 is 43.2 Å². The molecular formula is C23H29N7O9S2. The number of amides is 4. The van der Waals surface area contributed by atoms with Gasteiger partial charge in [-0.2, -0.15) is 0 Å². The van der Waals surface area contributed by atoms with Crippen LogP contribution in [0, 0.1) is 0 Å². The van der Waals surface area contributed by atoms with Crippen molar-refractivity contribution in [3.8, 4) is 0 Å². The molecule has 0 aromatic carbocycles. The zero-order valence-corrected chi connectivity index (χ0v) is 23.9. The molecule has 0 bridgehead atoms. The van der Waals surface area contributed by atoms with E-state index in [4.69, 9.17) is 9.57 Å². The average Bonchev–Trinajstić information content (AvgIpc) is 3.40. The second-order valence-corrected chi connectivity index (χ2v) is 11.6. The summed E-state index contributed by atoms with van der Waals surface area (Å²) in [4.78, 5) is 75.2. The predicted octanol–water partition coefficient (Wildman–Crippen LogP) is -1.02. The number of carbonyl (C=O) groups is 5. The molecule has 18 heteroatoms. The van der Waals surface area contributed by atoms with Gasteiger partial charge >= 0.3 is 12.1 Å². The first-order valence-corrected chi connectivity index (χ1v) is 14.8. The van der Waals surface area contributed by atoms with Crippen LogP contribution in [0.15, 0.2) is 21.8 Å². The highest BCUT2D eigenvalue weighted by atomic mass is 32.2. The lowest BCUT2D eigenvalue weighted by molar-refractivity contribution is -0.150. The van der Waals surface area contributed by atoms with Gasteiger partial charge in [-0.3, -0.25) is 19.3 Å². The van der Waals surface area contributed by atoms with Crippen molar-refractivity contribution in [1.82, 2.24) is 25.0 Å². The molecule has 1 aromatic heterocycles. The molecule has 3 aliphatic rings. The number of thiazole rings is 1. The minimum Gasteiger partial charge on any atom is -0.614 e. The zero-order chi connectivity index (χ0) is 29.7. The van der Waals surface area contributed by atoms with E-state index in [2.05, 4.69) is 25.7 Å². The SMILES string of the molecule is CCCON=C(C(=O)NC1C(=O)N2C(C(=O)O)=C(COC(=O)N3CCN(C)CC3)C[S+]([O-])[C@@H]12)c1csc(NC=O)n1. The van der Waals surface area contributed by atoms with Gasteiger partial charge in [-0.1, -0.05) is 12.1 Å². The lowest BCUT2D eigenvalue weighted by Crippen LogP contribution is -2.75. The van der Waals surface area contributed by atoms with Crippen LogP contribution >= 0.6 is 11.3 Å². The Morgan fingerprint density at radius 1 is 1.32 bits per heavy atom. The van der Waals surface area contributed by atoms with Crippen molar-refractivity contribution in [2.45, 2.75) is 24.8 Å². The smallest absolute Gasteiger partial charge is 0.410 e. The van der Waals surface area contributed by atoms with Crippen molar-refractivity contribution in [3.63, 3.8) is 0 Å². The fourth-order valence-electron chi connectivity index (χ4n) is 4.31. The molecule has 0 radical (unpaired) electrons. The van der Waals surface area contributed by atoms with Crippen LogP contribution in [0.3, 0.4) is 0 Å². The Morgan fingerprint density at radius 2 is 2.05 bits per heavy atom. The first kappa shape index (κ1) is 30.2. The Balaban J connectivity index is 1.48. The van der Waals surface area contributed by atoms with Crippen molar-refractivity contribution in [3.05, 3.63) is 22.3 Å². The molecular weight excluding hydrogens is 582 g/mol. The van der Waals surface area contributed by atoms with Gasteiger partial charge in [0.25, 0.3) is 11.8 Å². The van der Waals surface area contributed by atoms with Crippen LogP contribution < -0.4 is 10.6 Å². The molecule has 1 aromatic rings. The number of aliphatic carboxylic acids is 1. The lowest BCUT2D eigenvalue weighted by atomic mass is 10.0. The molecule has 2 unspecified atom stereocenters. The van der Waals surface area contributed by atoms with Gasteiger partial charge in [0.15, 0.2) is 16.9 Å². The van der Waals surface area contributed by atoms with E-state index in [0.717, 1.165) is 16.2 Å². The molecule has 2 saturated heterocycles. The fraction of sp³-hybridized carbons (Fsp3) is 0.522. The summed E-state index contributed by atoms with van der Waals surface area (Å²) in [6, 6.07) is -1.31. The summed E-state index contributed by atoms with van der Waals surface area (Å²) in [5.41, 5.74) is -0.620. The number of carbonyl (C=O) groups excluding carboxylic acids is 4. The maximum absolute atomic E-state index is 13.2. The van der Waals surface area contributed by atoms with Crippen molar-refractivity contribution in [2.75, 3.05) is 57.5 Å². The number of aromatic nitrogens is 1. The number of β-lactam (4-membered cyclic amide) rings is 1. The van der Waals surface area contributed by atoms with Gasteiger partial charge in [-0.25, -0.2) is 14.6 Å². The molecule has 4 heterocycles. The largest absolute Gasteiger partial charge is 0.614 e. The zero-order valence-electron chi connectivity index (χ0n) is 22.2. The minimum absolute atomic E-state index is 0.0283. The van der Waals surface area contributed by atoms with Crippen LogP contribution in [0.1, 0.15) is 19.0 Å². The number of oxime groups is 1. The van der Waals surface area contributed by atoms with Gasteiger partial charge in [-0.05, 0) is 24.6 Å². The molecule has 16 nitrogen and oxygen atoms in total. The molecule has 41 heavy (non-hydrogen) atoms. The van der Waals surface area contributed by atoms with E-state index in [9.17, 15) is 33.6 Å². The van der Waals surface area contributed by atoms with Crippen LogP contribution in [0.5, 0.6) is 0 Å². The maximum Gasteiger partial charge on any atom is 0.410 e. The van der Waals surface area contributed by atoms with Crippen LogP contribution in [0.4, 0.5) is 9.93 Å². The van der Waals surface area contributed by atoms with Crippen LogP contribution in [-0.2, 0) is 39.9 Å². The third-order valence-electron chi connectivity index (χ3n) is 6.42. The summed E-state index contributed by atoms with van der Waals surface area (Å²) in [6.45, 7) is 3.80. The first-order chi connectivity index (χ1) is 19.7. The number of hydrogen-bond donors (Lipinski definition) is 3. The van der Waals surface area contributed by atoms with E-state index in [-0.39, 0.29) is 34.5 Å². The number of piperazine rings is 1. The van der Waals surface area contributed by atoms with Crippen molar-refractivity contribution in [2.24, 2.45) is 5.16 Å². The van der Waals surface area contributed by atoms with Gasteiger partial charge in [0, 0.05) is 37.1 Å². The number of hydrogen-bond acceptors (Lipinski definition) is 12. The number of carboxylic acids is 1. The van der Waals surface area contributed by atoms with E-state index in [1.165, 1.54) is 10.3 Å². The molecule has 3 aliphatic heterocycles. The molecule has 4 rings (SSSR count). The van der Waals surface area contributed by atoms with Gasteiger partial charge in [0.2, 0.25) is 11.8 Å². The quantitative estimate of drug-likeness (QED) is 0.0689. The van der Waals surface area contributed by atoms with Gasteiger partial charge in [0.05, 0.1) is 0 Å². The number of nitrogens with zero attached hydrogens (tertiary/aromatic N) is 5. The average molecular weight is 612 g/mol. The number of carboxylic acid groups (broad SMARTS) is 1. The number of rotatable bonds is 11. The van der Waals surface area contributed by atoms with E-state index < -0.39 is 58.8 Å². The summed E-state index contributed by atoms with van der Waals surface area (Å²) in [7, 11) is 1.93. The fourth-order valence-corrected chi connectivity index (χ4v) is 6.63. The van der Waals surface area contributed by atoms with Crippen LogP contribution in [-0.4, -0.2) is 129 Å². The highest BCUT2D eigenvalue weighted by Crippen LogP contribution is 2.37. The number of nitrogens with one attached hydrogen (secondary N) is 2. The summed E-state index contributed by atoms with van der Waals surface area (Å²) in [6.07, 6.45) is 0.387. The van der Waals surface area contributed by atoms with E-state index in [1.54, 1.807) is 0 Å². The third-order valence-corrected chi connectivity index (χ3v) is 8.85. The Labute approximate surface area is 241 Å². The van der Waals surface area contributed by atoms with E-state index >= 15 is 0 Å². The third kappa shape index (κ3) is 6.61. The molecule has 3 N–H and O–H groups in total. The number of anilines is 1. The van der Waals surface area contributed by atoms with Crippen LogP contribution in [0.2, 0.25) is 0 Å². The Hall–Kier alpha value is -3.74. The maximum atomic E-state index is 13.2. The molecule has 0 aliphatic carbocycles. The number of ether oxygens (including phenoxy) is 1. The topological polar surface area (TPSA) is 206 Å². The molecule has 0 saturated carbocycles. The Kier molecular flexibility index (Phi) is 9.79. The van der Waals surface area contributed by atoms with Gasteiger partial charge in [0.1, 0.15) is 30.4 Å². The predicted molar refractivity (Wildman–Crippen MR) is 145 cm³/mol. The minimum atomic E-state index is -1.83. The Bertz CT molecular complexity index is 1260. The monoisotopic (exact) mass is 611 g/mol. The lowest BCUT2D eigenvalue weighted by Gasteiger charge is -2.48. The molecule has 2 fully saturated rings. The van der Waals surface area contributed by atoms with Crippen molar-refractivity contribution >= 4 is 63.6 Å². The van der Waals surface area contributed by atoms with Crippen molar-refractivity contribution in [1.29, 1.82) is 0 Å². The summed E-state index contributed by atoms with van der Waals surface area (Å²) >= 11 is -0.796. The van der Waals surface area contributed by atoms with Gasteiger partial charge < -0.3 is 39.7 Å². The van der Waals surface area contributed by atoms with E-state index in [0.29, 0.717) is 39.0 Å². The Morgan fingerprint density at radius 3 is 2.71 bits per heavy atom. The highest BCUT2D eigenvalue weighted by Gasteiger charge is 2.61. The highest BCUT2D eigenvalue weighted by molar-refractivity contribution is 7.92. The summed E-state index contributed by atoms with van der Waals surface area (Å²) in [5, 5.41) is 19.0. The van der Waals surface area contributed by atoms with Crippen LogP contribution in [0.25, 0.3) is 0 Å². The summed E-state index contributed by atoms with van der Waals surface area (Å²) < 4.78 is 18.5. The second-order valence-electron chi connectivity index (χ2n) is 9.25. The molecule has 3 atom stereocenters.